The molecule has 2 nitrogen and oxygen atoms in total. The Bertz CT molecular complexity index is 4060. The van der Waals surface area contributed by atoms with Gasteiger partial charge in [0, 0.05) is 27.1 Å². The number of hydrogen-bond acceptors (Lipinski definition) is 2. The van der Waals surface area contributed by atoms with Gasteiger partial charge in [-0.15, -0.1) is 0 Å². The lowest BCUT2D eigenvalue weighted by molar-refractivity contribution is 0.660. The van der Waals surface area contributed by atoms with Crippen molar-refractivity contribution in [2.75, 3.05) is 0 Å². The summed E-state index contributed by atoms with van der Waals surface area (Å²) in [7, 11) is 0. The van der Waals surface area contributed by atoms with Crippen LogP contribution < -0.4 is 0 Å². The van der Waals surface area contributed by atoms with E-state index in [0.29, 0.717) is 0 Å². The van der Waals surface area contributed by atoms with Crippen LogP contribution in [0.5, 0.6) is 0 Å². The van der Waals surface area contributed by atoms with Crippen LogP contribution in [-0.4, -0.2) is 0 Å². The van der Waals surface area contributed by atoms with Crippen molar-refractivity contribution in [2.24, 2.45) is 0 Å². The molecule has 0 N–H and O–H groups in total. The molecule has 0 saturated carbocycles. The molecule has 63 heavy (non-hydrogen) atoms. The van der Waals surface area contributed by atoms with Gasteiger partial charge in [-0.25, -0.2) is 0 Å². The number of hydrogen-bond donors (Lipinski definition) is 0. The van der Waals surface area contributed by atoms with Gasteiger partial charge in [0.1, 0.15) is 22.3 Å². The molecule has 1 aliphatic rings. The van der Waals surface area contributed by atoms with Crippen molar-refractivity contribution in [3.63, 3.8) is 0 Å². The van der Waals surface area contributed by atoms with E-state index in [2.05, 4.69) is 208 Å². The summed E-state index contributed by atoms with van der Waals surface area (Å²) in [6.45, 7) is 4.76. The highest BCUT2D eigenvalue weighted by Crippen LogP contribution is 2.53. The van der Waals surface area contributed by atoms with Crippen molar-refractivity contribution >= 4 is 87.0 Å². The maximum atomic E-state index is 7.03. The first kappa shape index (κ1) is 34.7. The first-order valence-electron chi connectivity index (χ1n) is 21.9. The Labute approximate surface area is 363 Å². The minimum absolute atomic E-state index is 0.199. The van der Waals surface area contributed by atoms with E-state index in [0.717, 1.165) is 55.0 Å². The van der Waals surface area contributed by atoms with Crippen LogP contribution in [0.25, 0.3) is 131 Å². The Morgan fingerprint density at radius 2 is 0.889 bits per heavy atom. The summed E-state index contributed by atoms with van der Waals surface area (Å²) in [6, 6.07) is 71.2. The molecule has 294 valence electrons. The molecule has 1 aliphatic carbocycles. The molecule has 0 radical (unpaired) electrons. The minimum atomic E-state index is -0.199. The molecule has 0 atom stereocenters. The maximum absolute atomic E-state index is 7.03. The largest absolute Gasteiger partial charge is 0.456 e. The van der Waals surface area contributed by atoms with Crippen molar-refractivity contribution in [2.45, 2.75) is 19.3 Å². The van der Waals surface area contributed by atoms with E-state index in [-0.39, 0.29) is 5.41 Å². The second-order valence-corrected chi connectivity index (χ2v) is 17.9. The summed E-state index contributed by atoms with van der Waals surface area (Å²) in [5.74, 6) is 0. The summed E-state index contributed by atoms with van der Waals surface area (Å²) < 4.78 is 13.5. The molecule has 0 spiro atoms. The third kappa shape index (κ3) is 4.73. The average molecular weight is 803 g/mol. The molecule has 0 fully saturated rings. The van der Waals surface area contributed by atoms with Crippen LogP contribution in [0.2, 0.25) is 0 Å². The summed E-state index contributed by atoms with van der Waals surface area (Å²) in [5.41, 5.74) is 15.9. The zero-order chi connectivity index (χ0) is 41.6. The molecule has 0 bridgehead atoms. The zero-order valence-corrected chi connectivity index (χ0v) is 34.8. The molecule has 0 amide bonds. The van der Waals surface area contributed by atoms with Crippen LogP contribution in [-0.2, 0) is 5.41 Å². The molecular weight excluding hydrogens is 765 g/mol. The fourth-order valence-corrected chi connectivity index (χ4v) is 11.4. The SMILES string of the molecule is CC1(C)c2ccc(-c3cccc4c3oc3c4ccc4oc5ccc6ccccc6c5c43)cc2-c2ccc(-c3c4ccccc4c(-c4cccc5ccccc45)c4ccccc34)cc21. The van der Waals surface area contributed by atoms with Crippen molar-refractivity contribution in [1.29, 1.82) is 0 Å². The minimum Gasteiger partial charge on any atom is -0.456 e. The van der Waals surface area contributed by atoms with Gasteiger partial charge in [0.2, 0.25) is 0 Å². The zero-order valence-electron chi connectivity index (χ0n) is 34.8. The predicted molar refractivity (Wildman–Crippen MR) is 265 cm³/mol. The van der Waals surface area contributed by atoms with E-state index in [9.17, 15) is 0 Å². The molecule has 14 rings (SSSR count). The van der Waals surface area contributed by atoms with Gasteiger partial charge in [-0.1, -0.05) is 178 Å². The molecule has 13 aromatic rings. The third-order valence-corrected chi connectivity index (χ3v) is 14.3. The monoisotopic (exact) mass is 802 g/mol. The molecule has 0 unspecified atom stereocenters. The molecular formula is C61H38O2. The van der Waals surface area contributed by atoms with Crippen LogP contribution in [0.1, 0.15) is 25.0 Å². The van der Waals surface area contributed by atoms with Crippen LogP contribution in [0, 0.1) is 0 Å². The molecule has 2 heteroatoms. The fraction of sp³-hybridized carbons (Fsp3) is 0.0492. The van der Waals surface area contributed by atoms with E-state index in [1.54, 1.807) is 0 Å². The molecule has 2 aromatic heterocycles. The second-order valence-electron chi connectivity index (χ2n) is 17.9. The Hall–Kier alpha value is -7.94. The Kier molecular flexibility index (Phi) is 6.93. The van der Waals surface area contributed by atoms with E-state index in [1.165, 1.54) is 87.6 Å². The normalized spacial score (nSPS) is 13.4. The van der Waals surface area contributed by atoms with E-state index in [4.69, 9.17) is 8.83 Å². The van der Waals surface area contributed by atoms with Gasteiger partial charge in [0.05, 0.1) is 5.39 Å². The van der Waals surface area contributed by atoms with Crippen LogP contribution in [0.15, 0.2) is 203 Å². The third-order valence-electron chi connectivity index (χ3n) is 14.3. The number of furan rings is 2. The van der Waals surface area contributed by atoms with Gasteiger partial charge in [-0.2, -0.15) is 0 Å². The highest BCUT2D eigenvalue weighted by Gasteiger charge is 2.36. The lowest BCUT2D eigenvalue weighted by Crippen LogP contribution is -2.15. The first-order chi connectivity index (χ1) is 31.0. The first-order valence-corrected chi connectivity index (χ1v) is 21.9. The summed E-state index contributed by atoms with van der Waals surface area (Å²) in [6.07, 6.45) is 0. The molecule has 2 heterocycles. The summed E-state index contributed by atoms with van der Waals surface area (Å²) in [5, 5.41) is 14.3. The van der Waals surface area contributed by atoms with Crippen molar-refractivity contribution in [3.05, 3.63) is 205 Å². The Morgan fingerprint density at radius 3 is 1.67 bits per heavy atom. The fourth-order valence-electron chi connectivity index (χ4n) is 11.4. The number of para-hydroxylation sites is 1. The number of fused-ring (bicyclic) bond motifs is 15. The Balaban J connectivity index is 0.942. The average Bonchev–Trinajstić information content (AvgIpc) is 3.98. The van der Waals surface area contributed by atoms with Gasteiger partial charge < -0.3 is 8.83 Å². The topological polar surface area (TPSA) is 26.3 Å². The summed E-state index contributed by atoms with van der Waals surface area (Å²) in [4.78, 5) is 0. The molecule has 11 aromatic carbocycles. The highest BCUT2D eigenvalue weighted by molar-refractivity contribution is 6.28. The standard InChI is InChI=1S/C61H38O2/c1-61(2)51-30-26-37(41-22-12-24-48-49-29-32-54-58(60(49)63-59(41)48)57-40-17-6-4-14-36(40)27-31-53(57)62-54)33-50(51)42-28-25-38(34-52(42)61)55-44-18-7-9-20-46(44)56(47-21-10-8-19-45(47)55)43-23-11-15-35-13-3-5-16-39(35)43/h3-34H,1-2H3. The van der Waals surface area contributed by atoms with Gasteiger partial charge in [0.15, 0.2) is 0 Å². The quantitative estimate of drug-likeness (QED) is 0.166. The van der Waals surface area contributed by atoms with Crippen molar-refractivity contribution in [3.8, 4) is 44.5 Å². The lowest BCUT2D eigenvalue weighted by Gasteiger charge is -2.23. The smallest absolute Gasteiger partial charge is 0.147 e. The second kappa shape index (κ2) is 12.6. The van der Waals surface area contributed by atoms with Crippen molar-refractivity contribution < 1.29 is 8.83 Å². The lowest BCUT2D eigenvalue weighted by atomic mass is 9.80. The Morgan fingerprint density at radius 1 is 0.317 bits per heavy atom. The number of rotatable bonds is 3. The molecule has 0 aliphatic heterocycles. The van der Waals surface area contributed by atoms with E-state index >= 15 is 0 Å². The van der Waals surface area contributed by atoms with Crippen LogP contribution in [0.3, 0.4) is 0 Å². The van der Waals surface area contributed by atoms with E-state index < -0.39 is 0 Å². The predicted octanol–water partition coefficient (Wildman–Crippen LogP) is 17.4. The van der Waals surface area contributed by atoms with Gasteiger partial charge in [0.25, 0.3) is 0 Å². The van der Waals surface area contributed by atoms with Gasteiger partial charge >= 0.3 is 0 Å². The summed E-state index contributed by atoms with van der Waals surface area (Å²) >= 11 is 0. The van der Waals surface area contributed by atoms with E-state index in [1.807, 2.05) is 0 Å². The highest BCUT2D eigenvalue weighted by atomic mass is 16.3. The maximum Gasteiger partial charge on any atom is 0.147 e. The number of benzene rings is 11. The van der Waals surface area contributed by atoms with Gasteiger partial charge in [-0.3, -0.25) is 0 Å². The van der Waals surface area contributed by atoms with Gasteiger partial charge in [-0.05, 0) is 123 Å². The van der Waals surface area contributed by atoms with Crippen LogP contribution >= 0.6 is 0 Å². The molecule has 0 saturated heterocycles. The van der Waals surface area contributed by atoms with Crippen molar-refractivity contribution in [1.82, 2.24) is 0 Å². The van der Waals surface area contributed by atoms with Crippen LogP contribution in [0.4, 0.5) is 0 Å².